The molecule has 184 valence electrons. The van der Waals surface area contributed by atoms with Crippen LogP contribution in [0.1, 0.15) is 41.5 Å². The number of Topliss-reactive ketones (excluding diaryl/α,β-unsaturated/α-hetero) is 1. The summed E-state index contributed by atoms with van der Waals surface area (Å²) in [6.07, 6.45) is -4.23. The largest absolute Gasteiger partial charge is 0.508 e. The zero-order chi connectivity index (χ0) is 24.8. The summed E-state index contributed by atoms with van der Waals surface area (Å²) in [6, 6.07) is 0. The second-order valence-corrected chi connectivity index (χ2v) is 7.94. The Bertz CT molecular complexity index is 589. The van der Waals surface area contributed by atoms with Gasteiger partial charge in [-0.25, -0.2) is 19.2 Å². The minimum absolute atomic E-state index is 0.273. The van der Waals surface area contributed by atoms with E-state index in [4.69, 9.17) is 9.47 Å². The molecule has 0 rings (SSSR count). The lowest BCUT2D eigenvalue weighted by Gasteiger charge is -2.18. The molecule has 0 aromatic heterocycles. The smallest absolute Gasteiger partial charge is 0.431 e. The van der Waals surface area contributed by atoms with Gasteiger partial charge in [-0.3, -0.25) is 4.79 Å². The predicted molar refractivity (Wildman–Crippen MR) is 104 cm³/mol. The Morgan fingerprint density at radius 1 is 0.469 bits per heavy atom. The van der Waals surface area contributed by atoms with E-state index >= 15 is 0 Å². The van der Waals surface area contributed by atoms with Crippen LogP contribution in [-0.4, -0.2) is 81.2 Å². The third-order valence-electron chi connectivity index (χ3n) is 2.53. The lowest BCUT2D eigenvalue weighted by atomic mass is 10.2. The van der Waals surface area contributed by atoms with Crippen LogP contribution in [0.4, 0.5) is 19.2 Å². The van der Waals surface area contributed by atoms with E-state index in [0.717, 1.165) is 0 Å². The fourth-order valence-electron chi connectivity index (χ4n) is 1.46. The van der Waals surface area contributed by atoms with Crippen molar-refractivity contribution in [3.05, 3.63) is 0 Å². The van der Waals surface area contributed by atoms with Crippen molar-refractivity contribution in [1.29, 1.82) is 0 Å². The van der Waals surface area contributed by atoms with Crippen molar-refractivity contribution in [3.8, 4) is 0 Å². The molecule has 0 saturated heterocycles. The summed E-state index contributed by atoms with van der Waals surface area (Å²) in [6.45, 7) is 7.31. The van der Waals surface area contributed by atoms with Crippen molar-refractivity contribution in [1.82, 2.24) is 0 Å². The van der Waals surface area contributed by atoms with E-state index < -0.39 is 54.8 Å². The van der Waals surface area contributed by atoms with Gasteiger partial charge in [0.2, 0.25) is 5.78 Å². The van der Waals surface area contributed by atoms with E-state index in [2.05, 4.69) is 28.4 Å². The predicted octanol–water partition coefficient (Wildman–Crippen LogP) is 2.77. The highest BCUT2D eigenvalue weighted by Gasteiger charge is 2.19. The quantitative estimate of drug-likeness (QED) is 0.263. The molecule has 0 heterocycles. The average molecular weight is 466 g/mol. The molecule has 32 heavy (non-hydrogen) atoms. The summed E-state index contributed by atoms with van der Waals surface area (Å²) in [5, 5.41) is 0. The summed E-state index contributed by atoms with van der Waals surface area (Å²) in [5.74, 6) is -0.756. The fraction of sp³-hybridized carbons (Fsp3) is 0.737. The van der Waals surface area contributed by atoms with Gasteiger partial charge in [0.15, 0.2) is 13.2 Å². The Hall–Kier alpha value is -3.25. The first kappa shape index (κ1) is 28.8. The van der Waals surface area contributed by atoms with E-state index in [1.54, 1.807) is 41.5 Å². The topological polar surface area (TPSA) is 159 Å². The third kappa shape index (κ3) is 18.8. The highest BCUT2D eigenvalue weighted by Crippen LogP contribution is 2.08. The van der Waals surface area contributed by atoms with Crippen LogP contribution in [0.25, 0.3) is 0 Å². The number of hydrogen-bond acceptors (Lipinski definition) is 13. The standard InChI is InChI=1S/C19H30O13/c1-18(2,3)31-16(23)27-9-7-25-14(21)29-11-13(20)12-30-15(22)26-8-10-28-17(24)32-19(4,5)6/h7-12H2,1-6H3. The van der Waals surface area contributed by atoms with E-state index in [9.17, 15) is 24.0 Å². The second kappa shape index (κ2) is 13.9. The minimum atomic E-state index is -1.19. The summed E-state index contributed by atoms with van der Waals surface area (Å²) in [5.41, 5.74) is -1.45. The Labute approximate surface area is 185 Å². The first-order valence-corrected chi connectivity index (χ1v) is 9.50. The van der Waals surface area contributed by atoms with Gasteiger partial charge in [0.25, 0.3) is 0 Å². The first-order valence-electron chi connectivity index (χ1n) is 9.50. The van der Waals surface area contributed by atoms with Crippen LogP contribution in [0.3, 0.4) is 0 Å². The van der Waals surface area contributed by atoms with Crippen molar-refractivity contribution in [2.24, 2.45) is 0 Å². The molecule has 13 heteroatoms. The van der Waals surface area contributed by atoms with Crippen molar-refractivity contribution in [3.63, 3.8) is 0 Å². The van der Waals surface area contributed by atoms with Gasteiger partial charge in [0, 0.05) is 0 Å². The summed E-state index contributed by atoms with van der Waals surface area (Å²) < 4.78 is 37.2. The molecule has 0 fully saturated rings. The van der Waals surface area contributed by atoms with Gasteiger partial charge >= 0.3 is 24.6 Å². The summed E-state index contributed by atoms with van der Waals surface area (Å²) in [4.78, 5) is 56.7. The molecule has 0 aliphatic rings. The van der Waals surface area contributed by atoms with Crippen molar-refractivity contribution in [2.75, 3.05) is 39.6 Å². The molecule has 0 saturated carbocycles. The molecule has 0 atom stereocenters. The second-order valence-electron chi connectivity index (χ2n) is 7.94. The molecule has 0 aliphatic heterocycles. The molecule has 0 aromatic rings. The first-order chi connectivity index (χ1) is 14.7. The van der Waals surface area contributed by atoms with Crippen molar-refractivity contribution < 1.29 is 61.9 Å². The van der Waals surface area contributed by atoms with Gasteiger partial charge < -0.3 is 37.9 Å². The molecule has 13 nitrogen and oxygen atoms in total. The Morgan fingerprint density at radius 3 is 1.03 bits per heavy atom. The third-order valence-corrected chi connectivity index (χ3v) is 2.53. The molecule has 0 radical (unpaired) electrons. The molecule has 0 N–H and O–H groups in total. The van der Waals surface area contributed by atoms with Gasteiger partial charge in [-0.1, -0.05) is 0 Å². The molecule has 0 spiro atoms. The van der Waals surface area contributed by atoms with E-state index in [-0.39, 0.29) is 26.4 Å². The summed E-state index contributed by atoms with van der Waals surface area (Å²) >= 11 is 0. The number of carbonyl (C=O) groups is 5. The number of carbonyl (C=O) groups excluding carboxylic acids is 5. The number of hydrogen-bond donors (Lipinski definition) is 0. The van der Waals surface area contributed by atoms with Crippen LogP contribution >= 0.6 is 0 Å². The normalized spacial score (nSPS) is 10.9. The summed E-state index contributed by atoms with van der Waals surface area (Å²) in [7, 11) is 0. The fourth-order valence-corrected chi connectivity index (χ4v) is 1.46. The Kier molecular flexibility index (Phi) is 12.5. The molecular weight excluding hydrogens is 436 g/mol. The van der Waals surface area contributed by atoms with E-state index in [1.807, 2.05) is 0 Å². The van der Waals surface area contributed by atoms with Crippen molar-refractivity contribution >= 4 is 30.4 Å². The van der Waals surface area contributed by atoms with Crippen LogP contribution in [0.2, 0.25) is 0 Å². The van der Waals surface area contributed by atoms with Crippen LogP contribution < -0.4 is 0 Å². The lowest BCUT2D eigenvalue weighted by molar-refractivity contribution is -0.126. The number of rotatable bonds is 10. The Morgan fingerprint density at radius 2 is 0.750 bits per heavy atom. The molecule has 0 aromatic carbocycles. The maximum atomic E-state index is 11.5. The monoisotopic (exact) mass is 466 g/mol. The maximum Gasteiger partial charge on any atom is 0.508 e. The zero-order valence-electron chi connectivity index (χ0n) is 19.0. The highest BCUT2D eigenvalue weighted by molar-refractivity contribution is 5.83. The minimum Gasteiger partial charge on any atom is -0.431 e. The number of ether oxygens (including phenoxy) is 8. The maximum absolute atomic E-state index is 11.5. The van der Waals surface area contributed by atoms with Gasteiger partial charge in [0.05, 0.1) is 0 Å². The van der Waals surface area contributed by atoms with Crippen LogP contribution in [0, 0.1) is 0 Å². The lowest BCUT2D eigenvalue weighted by Crippen LogP contribution is -2.26. The van der Waals surface area contributed by atoms with Gasteiger partial charge in [-0.05, 0) is 41.5 Å². The van der Waals surface area contributed by atoms with Crippen LogP contribution in [0.15, 0.2) is 0 Å². The molecule has 0 bridgehead atoms. The molecule has 0 amide bonds. The molecule has 0 aliphatic carbocycles. The SMILES string of the molecule is CC(C)(C)OC(=O)OCCOC(=O)OCC(=O)COC(=O)OCCOC(=O)OC(C)(C)C. The van der Waals surface area contributed by atoms with Gasteiger partial charge in [0.1, 0.15) is 37.6 Å². The highest BCUT2D eigenvalue weighted by atomic mass is 16.8. The van der Waals surface area contributed by atoms with E-state index in [1.165, 1.54) is 0 Å². The van der Waals surface area contributed by atoms with Crippen LogP contribution in [-0.2, 0) is 42.7 Å². The zero-order valence-corrected chi connectivity index (χ0v) is 19.0. The van der Waals surface area contributed by atoms with Gasteiger partial charge in [-0.2, -0.15) is 0 Å². The number of ketones is 1. The molecular formula is C19H30O13. The van der Waals surface area contributed by atoms with Crippen LogP contribution in [0.5, 0.6) is 0 Å². The van der Waals surface area contributed by atoms with Gasteiger partial charge in [-0.15, -0.1) is 0 Å². The van der Waals surface area contributed by atoms with Crippen molar-refractivity contribution in [2.45, 2.75) is 52.7 Å². The van der Waals surface area contributed by atoms with E-state index in [0.29, 0.717) is 0 Å². The Balaban J connectivity index is 3.78. The molecule has 0 unspecified atom stereocenters. The average Bonchev–Trinajstić information content (AvgIpc) is 2.62.